The van der Waals surface area contributed by atoms with Crippen molar-refractivity contribution in [2.75, 3.05) is 40.3 Å². The Balaban J connectivity index is 1.74. The van der Waals surface area contributed by atoms with Gasteiger partial charge < -0.3 is 19.6 Å². The summed E-state index contributed by atoms with van der Waals surface area (Å²) in [5.41, 5.74) is 0. The Morgan fingerprint density at radius 3 is 2.67 bits per heavy atom. The molecule has 5 nitrogen and oxygen atoms in total. The maximum Gasteiger partial charge on any atom is 0.225 e. The number of rotatable bonds is 6. The van der Waals surface area contributed by atoms with Crippen LogP contribution in [0.5, 0.6) is 5.75 Å². The number of hydrogen-bond donors (Lipinski definition) is 1. The van der Waals surface area contributed by atoms with E-state index in [4.69, 9.17) is 27.9 Å². The predicted molar refractivity (Wildman–Crippen MR) is 95.8 cm³/mol. The Morgan fingerprint density at radius 2 is 2.04 bits per heavy atom. The third-order valence-electron chi connectivity index (χ3n) is 4.17. The molecule has 134 valence electrons. The van der Waals surface area contributed by atoms with Gasteiger partial charge in [-0.05, 0) is 38.1 Å². The lowest BCUT2D eigenvalue weighted by Gasteiger charge is -2.33. The Bertz CT molecular complexity index is 561. The fourth-order valence-corrected chi connectivity index (χ4v) is 3.19. The molecule has 0 saturated carbocycles. The van der Waals surface area contributed by atoms with E-state index in [1.54, 1.807) is 37.2 Å². The predicted octanol–water partition coefficient (Wildman–Crippen LogP) is 2.53. The smallest absolute Gasteiger partial charge is 0.225 e. The number of likely N-dealkylation sites (tertiary alicyclic amines) is 1. The van der Waals surface area contributed by atoms with Gasteiger partial charge in [-0.3, -0.25) is 4.79 Å². The molecule has 0 radical (unpaired) electrons. The number of nitrogens with zero attached hydrogens (tertiary/aromatic N) is 2. The number of hydrogen-bond acceptors (Lipinski definition) is 4. The highest BCUT2D eigenvalue weighted by atomic mass is 35.5. The molecule has 1 heterocycles. The van der Waals surface area contributed by atoms with Crippen molar-refractivity contribution >= 4 is 29.1 Å². The summed E-state index contributed by atoms with van der Waals surface area (Å²) in [4.78, 5) is 15.8. The molecule has 2 rings (SSSR count). The Kier molecular flexibility index (Phi) is 7.16. The van der Waals surface area contributed by atoms with E-state index in [2.05, 4.69) is 4.90 Å². The molecule has 24 heavy (non-hydrogen) atoms. The minimum Gasteiger partial charge on any atom is -0.489 e. The van der Waals surface area contributed by atoms with Crippen molar-refractivity contribution in [2.24, 2.45) is 5.92 Å². The summed E-state index contributed by atoms with van der Waals surface area (Å²) in [6.45, 7) is 2.27. The maximum absolute atomic E-state index is 12.0. The highest BCUT2D eigenvalue weighted by Crippen LogP contribution is 2.27. The monoisotopic (exact) mass is 374 g/mol. The number of aliphatic hydroxyl groups excluding tert-OH is 1. The van der Waals surface area contributed by atoms with Gasteiger partial charge in [0.2, 0.25) is 5.91 Å². The van der Waals surface area contributed by atoms with Gasteiger partial charge in [0.05, 0.1) is 5.02 Å². The minimum absolute atomic E-state index is 0.0925. The van der Waals surface area contributed by atoms with Crippen molar-refractivity contribution in [3.8, 4) is 5.75 Å². The molecular weight excluding hydrogens is 351 g/mol. The van der Waals surface area contributed by atoms with Crippen LogP contribution in [0, 0.1) is 5.92 Å². The largest absolute Gasteiger partial charge is 0.489 e. The number of aliphatic hydroxyl groups is 1. The molecule has 1 aromatic carbocycles. The van der Waals surface area contributed by atoms with Gasteiger partial charge in [0, 0.05) is 37.6 Å². The van der Waals surface area contributed by atoms with E-state index in [9.17, 15) is 9.90 Å². The molecule has 1 atom stereocenters. The number of carbonyl (C=O) groups is 1. The van der Waals surface area contributed by atoms with Crippen LogP contribution in [-0.4, -0.2) is 67.3 Å². The lowest BCUT2D eigenvalue weighted by atomic mass is 9.95. The molecule has 0 bridgehead atoms. The molecule has 1 fully saturated rings. The van der Waals surface area contributed by atoms with Crippen LogP contribution < -0.4 is 4.74 Å². The second kappa shape index (κ2) is 8.90. The average molecular weight is 375 g/mol. The number of benzene rings is 1. The zero-order chi connectivity index (χ0) is 17.7. The van der Waals surface area contributed by atoms with E-state index in [1.165, 1.54) is 0 Å². The average Bonchev–Trinajstić information content (AvgIpc) is 2.55. The summed E-state index contributed by atoms with van der Waals surface area (Å²) >= 11 is 11.9. The third kappa shape index (κ3) is 5.52. The fraction of sp³-hybridized carbons (Fsp3) is 0.588. The summed E-state index contributed by atoms with van der Waals surface area (Å²) in [5.74, 6) is 0.752. The Morgan fingerprint density at radius 1 is 1.38 bits per heavy atom. The lowest BCUT2D eigenvalue weighted by Crippen LogP contribution is -2.43. The summed E-state index contributed by atoms with van der Waals surface area (Å²) in [6.07, 6.45) is 1.02. The number of amides is 1. The number of carbonyl (C=O) groups excluding carboxylic acids is 1. The molecule has 0 spiro atoms. The topological polar surface area (TPSA) is 53.0 Å². The van der Waals surface area contributed by atoms with Gasteiger partial charge in [0.15, 0.2) is 0 Å². The molecule has 1 saturated heterocycles. The number of ether oxygens (including phenoxy) is 1. The molecule has 1 aromatic rings. The fourth-order valence-electron chi connectivity index (χ4n) is 2.85. The molecule has 1 N–H and O–H groups in total. The van der Waals surface area contributed by atoms with Crippen LogP contribution in [-0.2, 0) is 4.79 Å². The van der Waals surface area contributed by atoms with Gasteiger partial charge in [0.25, 0.3) is 0 Å². The van der Waals surface area contributed by atoms with Crippen molar-refractivity contribution in [2.45, 2.75) is 18.9 Å². The standard InChI is InChI=1S/C17H24Cl2N2O3/c1-20(2)17(23)12-5-7-21(8-6-12)10-14(22)11-24-16-9-13(18)3-4-15(16)19/h3-4,9,12,14,22H,5-8,10-11H2,1-2H3/t14-/m1/s1. The Hall–Kier alpha value is -1.01. The molecule has 0 aliphatic carbocycles. The SMILES string of the molecule is CN(C)C(=O)C1CCN(C[C@@H](O)COc2cc(Cl)ccc2Cl)CC1. The quantitative estimate of drug-likeness (QED) is 0.830. The van der Waals surface area contributed by atoms with Crippen LogP contribution in [0.15, 0.2) is 18.2 Å². The second-order valence-electron chi connectivity index (χ2n) is 6.35. The minimum atomic E-state index is -0.624. The van der Waals surface area contributed by atoms with Gasteiger partial charge >= 0.3 is 0 Å². The highest BCUT2D eigenvalue weighted by molar-refractivity contribution is 6.34. The van der Waals surface area contributed by atoms with Gasteiger partial charge in [-0.15, -0.1) is 0 Å². The molecular formula is C17H24Cl2N2O3. The zero-order valence-corrected chi connectivity index (χ0v) is 15.6. The first-order chi connectivity index (χ1) is 11.4. The van der Waals surface area contributed by atoms with E-state index < -0.39 is 6.10 Å². The molecule has 0 aromatic heterocycles. The van der Waals surface area contributed by atoms with E-state index in [0.717, 1.165) is 25.9 Å². The van der Waals surface area contributed by atoms with Gasteiger partial charge in [0.1, 0.15) is 18.5 Å². The van der Waals surface area contributed by atoms with Crippen LogP contribution in [0.25, 0.3) is 0 Å². The summed E-state index contributed by atoms with van der Waals surface area (Å²) in [7, 11) is 3.58. The lowest BCUT2D eigenvalue weighted by molar-refractivity contribution is -0.134. The van der Waals surface area contributed by atoms with Crippen LogP contribution in [0.2, 0.25) is 10.0 Å². The van der Waals surface area contributed by atoms with Gasteiger partial charge in [-0.25, -0.2) is 0 Å². The van der Waals surface area contributed by atoms with E-state index in [0.29, 0.717) is 22.3 Å². The third-order valence-corrected chi connectivity index (χ3v) is 4.72. The van der Waals surface area contributed by atoms with E-state index >= 15 is 0 Å². The molecule has 0 unspecified atom stereocenters. The van der Waals surface area contributed by atoms with Crippen molar-refractivity contribution in [1.29, 1.82) is 0 Å². The molecule has 1 aliphatic rings. The van der Waals surface area contributed by atoms with Gasteiger partial charge in [-0.1, -0.05) is 23.2 Å². The van der Waals surface area contributed by atoms with Gasteiger partial charge in [-0.2, -0.15) is 0 Å². The van der Waals surface area contributed by atoms with Crippen LogP contribution in [0.3, 0.4) is 0 Å². The van der Waals surface area contributed by atoms with E-state index in [-0.39, 0.29) is 18.4 Å². The maximum atomic E-state index is 12.0. The van der Waals surface area contributed by atoms with Crippen LogP contribution in [0.4, 0.5) is 0 Å². The number of β-amino-alcohol motifs (C(OH)–C–C–N with tert-alkyl or cyclic N) is 1. The summed E-state index contributed by atoms with van der Waals surface area (Å²) < 4.78 is 5.56. The highest BCUT2D eigenvalue weighted by Gasteiger charge is 2.26. The van der Waals surface area contributed by atoms with Crippen LogP contribution in [0.1, 0.15) is 12.8 Å². The van der Waals surface area contributed by atoms with Crippen LogP contribution >= 0.6 is 23.2 Å². The van der Waals surface area contributed by atoms with Crippen molar-refractivity contribution < 1.29 is 14.6 Å². The number of piperidine rings is 1. The normalized spacial score (nSPS) is 17.5. The Labute approximate surface area is 153 Å². The van der Waals surface area contributed by atoms with Crippen molar-refractivity contribution in [1.82, 2.24) is 9.80 Å². The second-order valence-corrected chi connectivity index (χ2v) is 7.19. The summed E-state index contributed by atoms with van der Waals surface area (Å²) in [5, 5.41) is 11.2. The molecule has 1 amide bonds. The molecule has 1 aliphatic heterocycles. The zero-order valence-electron chi connectivity index (χ0n) is 14.0. The van der Waals surface area contributed by atoms with E-state index in [1.807, 2.05) is 0 Å². The summed E-state index contributed by atoms with van der Waals surface area (Å²) in [6, 6.07) is 4.99. The number of halogens is 2. The first-order valence-electron chi connectivity index (χ1n) is 8.06. The van der Waals surface area contributed by atoms with Crippen molar-refractivity contribution in [3.63, 3.8) is 0 Å². The molecule has 7 heteroatoms. The van der Waals surface area contributed by atoms with Crippen molar-refractivity contribution in [3.05, 3.63) is 28.2 Å². The first kappa shape index (κ1) is 19.3. The first-order valence-corrected chi connectivity index (χ1v) is 8.82.